The zero-order chi connectivity index (χ0) is 74.6. The van der Waals surface area contributed by atoms with Gasteiger partial charge in [0.25, 0.3) is 0 Å². The molecule has 17 nitrogen and oxygen atoms in total. The topological polar surface area (TPSA) is 237 Å². The highest BCUT2D eigenvalue weighted by Crippen LogP contribution is 2.45. The quantitative estimate of drug-likeness (QED) is 0.0169. The maximum absolute atomic E-state index is 13.1. The van der Waals surface area contributed by atoms with E-state index in [-0.39, 0.29) is 25.7 Å². The van der Waals surface area contributed by atoms with Crippen molar-refractivity contribution in [3.63, 3.8) is 0 Å². The monoisotopic (exact) mass is 1470 g/mol. The lowest BCUT2D eigenvalue weighted by Gasteiger charge is -2.21. The predicted octanol–water partition coefficient (Wildman–Crippen LogP) is 23.1. The van der Waals surface area contributed by atoms with Crippen LogP contribution in [0.3, 0.4) is 0 Å². The fraction of sp³-hybridized carbons (Fsp3) is 0.711. The number of unbranched alkanes of at least 4 members (excludes halogenated alkanes) is 28. The molecular weight excluding hydrogens is 1330 g/mol. The minimum Gasteiger partial charge on any atom is -0.462 e. The number of allylic oxidation sites excluding steroid dienone is 20. The highest BCUT2D eigenvalue weighted by molar-refractivity contribution is 7.47. The van der Waals surface area contributed by atoms with Gasteiger partial charge in [0.05, 0.1) is 26.4 Å². The lowest BCUT2D eigenvalue weighted by Crippen LogP contribution is -2.30. The van der Waals surface area contributed by atoms with E-state index >= 15 is 0 Å². The van der Waals surface area contributed by atoms with Gasteiger partial charge in [-0.25, -0.2) is 9.13 Å². The van der Waals surface area contributed by atoms with Gasteiger partial charge in [0.15, 0.2) is 12.2 Å². The molecule has 0 aliphatic carbocycles. The van der Waals surface area contributed by atoms with Gasteiger partial charge < -0.3 is 33.8 Å². The Kier molecular flexibility index (Phi) is 71.4. The van der Waals surface area contributed by atoms with Crippen LogP contribution in [0.5, 0.6) is 0 Å². The SMILES string of the molecule is CC/C=C\C/C=C\C/C=C\CCCCCCCC(=O)OCC(COP(=O)(O)OCC(O)COP(=O)(O)OCC(COC(=O)CCCCCCCC/C=C\C/C=C\C/C=C\CCCCC)OC(=O)CCCCCCC/C=C\C/C=C\CCCCC)OC(=O)CCCCCCC/C=C\C/C=C\CCC. The largest absolute Gasteiger partial charge is 0.472 e. The number of carbonyl (C=O) groups excluding carboxylic acids is 4. The summed E-state index contributed by atoms with van der Waals surface area (Å²) in [5.41, 5.74) is 0. The standard InChI is InChI=1S/C83H142O17P2/c1-5-9-13-17-21-25-29-33-36-37-38-39-42-45-48-52-56-60-64-68-81(86)94-74-79(100-83(88)70-66-62-58-54-50-46-41-35-31-27-23-19-15-11-7-3)76-98-102(91,92)96-72-77(84)71-95-101(89,90)97-75-78(99-82(87)69-65-61-57-53-49-43-32-28-24-20-16-12-8-4)73-93-80(85)67-63-59-55-51-47-44-40-34-30-26-22-18-14-10-6-2/h10,14,16,20-23,25-28,32-36,38-41,77-79,84H,5-9,11-13,15,17-19,24,29-31,37,42-76H2,1-4H3,(H,89,90)(H,91,92)/b14-10-,20-16-,25-21-,26-22-,27-23-,32-28-,36-33-,39-38-,40-34-,41-35-. The minimum atomic E-state index is -4.99. The van der Waals surface area contributed by atoms with Gasteiger partial charge in [-0.2, -0.15) is 0 Å². The van der Waals surface area contributed by atoms with Crippen molar-refractivity contribution in [2.75, 3.05) is 39.6 Å². The molecule has 586 valence electrons. The van der Waals surface area contributed by atoms with Crippen molar-refractivity contribution in [1.82, 2.24) is 0 Å². The molecule has 3 N–H and O–H groups in total. The first-order chi connectivity index (χ1) is 49.7. The van der Waals surface area contributed by atoms with E-state index in [0.29, 0.717) is 25.7 Å². The van der Waals surface area contributed by atoms with Crippen LogP contribution >= 0.6 is 15.6 Å². The summed E-state index contributed by atoms with van der Waals surface area (Å²) in [6, 6.07) is 0. The van der Waals surface area contributed by atoms with Crippen molar-refractivity contribution >= 4 is 39.5 Å². The highest BCUT2D eigenvalue weighted by atomic mass is 31.2. The number of esters is 4. The van der Waals surface area contributed by atoms with Crippen LogP contribution in [0.2, 0.25) is 0 Å². The molecule has 0 aliphatic rings. The van der Waals surface area contributed by atoms with E-state index in [1.807, 2.05) is 0 Å². The Morgan fingerprint density at radius 2 is 0.529 bits per heavy atom. The zero-order valence-electron chi connectivity index (χ0n) is 64.0. The number of ether oxygens (including phenoxy) is 4. The Labute approximate surface area is 619 Å². The van der Waals surface area contributed by atoms with Crippen molar-refractivity contribution in [2.45, 2.75) is 341 Å². The molecule has 0 fully saturated rings. The van der Waals surface area contributed by atoms with Crippen molar-refractivity contribution in [2.24, 2.45) is 0 Å². The molecule has 5 atom stereocenters. The first-order valence-corrected chi connectivity index (χ1v) is 42.8. The van der Waals surface area contributed by atoms with Crippen molar-refractivity contribution in [3.05, 3.63) is 122 Å². The van der Waals surface area contributed by atoms with Gasteiger partial charge in [-0.3, -0.25) is 37.3 Å². The van der Waals surface area contributed by atoms with Crippen molar-refractivity contribution in [1.29, 1.82) is 0 Å². The molecule has 0 aromatic carbocycles. The normalized spacial score (nSPS) is 14.5. The molecule has 0 aliphatic heterocycles. The number of hydrogen-bond acceptors (Lipinski definition) is 15. The number of aliphatic hydroxyl groups is 1. The average Bonchev–Trinajstić information content (AvgIpc) is 0.909. The Morgan fingerprint density at radius 1 is 0.284 bits per heavy atom. The van der Waals surface area contributed by atoms with Gasteiger partial charge in [-0.05, 0) is 154 Å². The molecule has 5 unspecified atom stereocenters. The fourth-order valence-electron chi connectivity index (χ4n) is 10.3. The van der Waals surface area contributed by atoms with Crippen LogP contribution in [0.25, 0.3) is 0 Å². The van der Waals surface area contributed by atoms with Gasteiger partial charge in [0.1, 0.15) is 19.3 Å². The van der Waals surface area contributed by atoms with Gasteiger partial charge >= 0.3 is 39.5 Å². The second-order valence-electron chi connectivity index (χ2n) is 26.3. The molecule has 0 saturated carbocycles. The maximum atomic E-state index is 13.1. The summed E-state index contributed by atoms with van der Waals surface area (Å²) in [5.74, 6) is -2.23. The highest BCUT2D eigenvalue weighted by Gasteiger charge is 2.30. The third-order valence-corrected chi connectivity index (χ3v) is 18.3. The zero-order valence-corrected chi connectivity index (χ0v) is 65.8. The van der Waals surface area contributed by atoms with Crippen LogP contribution in [0.15, 0.2) is 122 Å². The van der Waals surface area contributed by atoms with E-state index < -0.39 is 97.5 Å². The molecule has 19 heteroatoms. The molecule has 0 radical (unpaired) electrons. The summed E-state index contributed by atoms with van der Waals surface area (Å²) in [7, 11) is -9.97. The second kappa shape index (κ2) is 74.7. The summed E-state index contributed by atoms with van der Waals surface area (Å²) in [4.78, 5) is 73.0. The molecule has 0 rings (SSSR count). The van der Waals surface area contributed by atoms with Crippen molar-refractivity contribution < 1.29 is 80.2 Å². The smallest absolute Gasteiger partial charge is 0.462 e. The summed E-state index contributed by atoms with van der Waals surface area (Å²) in [5, 5.41) is 10.6. The molecule has 0 heterocycles. The Hall–Kier alpha value is -4.54. The minimum absolute atomic E-state index is 0.0724. The van der Waals surface area contributed by atoms with Crippen LogP contribution in [0, 0.1) is 0 Å². The van der Waals surface area contributed by atoms with Gasteiger partial charge in [-0.1, -0.05) is 265 Å². The van der Waals surface area contributed by atoms with E-state index in [1.54, 1.807) is 0 Å². The summed E-state index contributed by atoms with van der Waals surface area (Å²) in [6.45, 7) is 4.59. The molecule has 102 heavy (non-hydrogen) atoms. The Morgan fingerprint density at radius 3 is 0.824 bits per heavy atom. The number of rotatable bonds is 74. The van der Waals surface area contributed by atoms with Crippen LogP contribution < -0.4 is 0 Å². The Balaban J connectivity index is 5.38. The summed E-state index contributed by atoms with van der Waals surface area (Å²) < 4.78 is 68.5. The molecule has 0 aromatic rings. The van der Waals surface area contributed by atoms with Crippen LogP contribution in [0.4, 0.5) is 0 Å². The molecule has 0 amide bonds. The van der Waals surface area contributed by atoms with Gasteiger partial charge in [0, 0.05) is 25.7 Å². The van der Waals surface area contributed by atoms with Gasteiger partial charge in [0.2, 0.25) is 0 Å². The first kappa shape index (κ1) is 97.5. The number of carbonyl (C=O) groups is 4. The first-order valence-electron chi connectivity index (χ1n) is 39.8. The van der Waals surface area contributed by atoms with E-state index in [4.69, 9.17) is 37.0 Å². The molecule has 0 aromatic heterocycles. The third kappa shape index (κ3) is 73.8. The molecular formula is C83H142O17P2. The summed E-state index contributed by atoms with van der Waals surface area (Å²) >= 11 is 0. The van der Waals surface area contributed by atoms with E-state index in [9.17, 15) is 43.2 Å². The average molecular weight is 1470 g/mol. The lowest BCUT2D eigenvalue weighted by molar-refractivity contribution is -0.161. The van der Waals surface area contributed by atoms with Crippen LogP contribution in [-0.4, -0.2) is 96.7 Å². The van der Waals surface area contributed by atoms with E-state index in [2.05, 4.69) is 149 Å². The number of aliphatic hydroxyl groups excluding tert-OH is 1. The van der Waals surface area contributed by atoms with Gasteiger partial charge in [-0.15, -0.1) is 0 Å². The lowest BCUT2D eigenvalue weighted by atomic mass is 10.1. The second-order valence-corrected chi connectivity index (χ2v) is 29.2. The maximum Gasteiger partial charge on any atom is 0.472 e. The molecule has 0 bridgehead atoms. The number of phosphoric ester groups is 2. The molecule has 0 saturated heterocycles. The number of phosphoric acid groups is 2. The van der Waals surface area contributed by atoms with Crippen molar-refractivity contribution in [3.8, 4) is 0 Å². The van der Waals surface area contributed by atoms with Crippen LogP contribution in [-0.2, 0) is 65.4 Å². The fourth-order valence-corrected chi connectivity index (χ4v) is 11.9. The van der Waals surface area contributed by atoms with E-state index in [0.717, 1.165) is 205 Å². The predicted molar refractivity (Wildman–Crippen MR) is 418 cm³/mol. The number of hydrogen-bond donors (Lipinski definition) is 3. The van der Waals surface area contributed by atoms with E-state index in [1.165, 1.54) is 38.5 Å². The van der Waals surface area contributed by atoms with Crippen LogP contribution in [0.1, 0.15) is 323 Å². The molecule has 0 spiro atoms. The third-order valence-electron chi connectivity index (χ3n) is 16.4. The summed E-state index contributed by atoms with van der Waals surface area (Å²) in [6.07, 6.45) is 81.7. The Bertz CT molecular complexity index is 2410.